The Morgan fingerprint density at radius 1 is 0.333 bits per heavy atom. The molecule has 2 aliphatic rings. The second-order valence-electron chi connectivity index (χ2n) is 25.5. The van der Waals surface area contributed by atoms with Gasteiger partial charge in [-0.15, -0.1) is 0 Å². The SMILES string of the molecule is CCC(C)(C)CC(S(C)(=O)=O)S(C)(=O)=O.CCC(C)C(S(=O)(=O)C(F)(F)F)S(=O)(=O)C(F)(F)F.CCC(C)C1C(F)C(F)C(C(S(=O)(=O)C(F)(F)F)S(=O)(=O)C(F)(F)F)C(F)C1F.CCC(C)C1CCC(C(S(=O)(=O)C(F)(F)F)S(=O)(=O)C(F)(F)F)CC1.CCC(C)CC(S(C)(=O)=O)S(C)(=O)=O. The summed E-state index contributed by atoms with van der Waals surface area (Å²) in [7, 11) is -55.1. The third-order valence-electron chi connectivity index (χ3n) is 17.1. The molecule has 20 nitrogen and oxygen atoms in total. The van der Waals surface area contributed by atoms with E-state index in [1.807, 2.05) is 48.5 Å². The maximum absolute atomic E-state index is 14.5. The first kappa shape index (κ1) is 104. The zero-order chi connectivity index (χ0) is 83.1. The molecule has 0 N–H and O–H groups in total. The van der Waals surface area contributed by atoms with Crippen LogP contribution in [0.3, 0.4) is 0 Å². The lowest BCUT2D eigenvalue weighted by Crippen LogP contribution is -2.62. The fourth-order valence-corrected chi connectivity index (χ4v) is 30.2. The summed E-state index contributed by atoms with van der Waals surface area (Å²) in [6, 6.07) is 0. The molecule has 52 heteroatoms. The molecule has 0 amide bonds. The zero-order valence-electron chi connectivity index (χ0n) is 56.7. The van der Waals surface area contributed by atoms with E-state index in [1.54, 1.807) is 0 Å². The minimum Gasteiger partial charge on any atom is -0.244 e. The molecule has 2 saturated carbocycles. The minimum absolute atomic E-state index is 0.0177. The molecule has 8 unspecified atom stereocenters. The molecule has 8 atom stereocenters. The molecule has 0 aromatic rings. The van der Waals surface area contributed by atoms with Crippen molar-refractivity contribution in [3.63, 3.8) is 0 Å². The van der Waals surface area contributed by atoms with Crippen LogP contribution in [-0.2, 0) is 98.4 Å². The number of sulfone groups is 10. The summed E-state index contributed by atoms with van der Waals surface area (Å²) >= 11 is 0. The summed E-state index contributed by atoms with van der Waals surface area (Å²) in [6.45, 7) is 17.4. The average Bonchev–Trinajstić information content (AvgIpc) is 0.736. The first-order chi connectivity index (χ1) is 44.4. The number of alkyl halides is 22. The van der Waals surface area contributed by atoms with Gasteiger partial charge in [0.05, 0.1) is 5.92 Å². The van der Waals surface area contributed by atoms with E-state index in [0.29, 0.717) is 6.92 Å². The van der Waals surface area contributed by atoms with Crippen LogP contribution >= 0.6 is 0 Å². The zero-order valence-corrected chi connectivity index (χ0v) is 64.8. The van der Waals surface area contributed by atoms with E-state index in [-0.39, 0.29) is 68.1 Å². The van der Waals surface area contributed by atoms with Crippen molar-refractivity contribution in [2.45, 2.75) is 227 Å². The van der Waals surface area contributed by atoms with E-state index in [1.165, 1.54) is 6.92 Å². The van der Waals surface area contributed by atoms with Gasteiger partial charge in [0.15, 0.2) is 62.3 Å². The Labute approximate surface area is 581 Å². The first-order valence-electron chi connectivity index (χ1n) is 29.5. The number of rotatable bonds is 24. The largest absolute Gasteiger partial charge is 0.498 e. The highest BCUT2D eigenvalue weighted by Gasteiger charge is 2.71. The van der Waals surface area contributed by atoms with Crippen LogP contribution in [-0.4, -0.2) is 190 Å². The van der Waals surface area contributed by atoms with E-state index >= 15 is 0 Å². The highest BCUT2D eigenvalue weighted by molar-refractivity contribution is 8.11. The van der Waals surface area contributed by atoms with Crippen LogP contribution < -0.4 is 0 Å². The van der Waals surface area contributed by atoms with E-state index in [4.69, 9.17) is 0 Å². The third-order valence-corrected chi connectivity index (χ3v) is 40.3. The van der Waals surface area contributed by atoms with Gasteiger partial charge < -0.3 is 0 Å². The second kappa shape index (κ2) is 36.2. The lowest BCUT2D eigenvalue weighted by molar-refractivity contribution is -0.0951. The van der Waals surface area contributed by atoms with Gasteiger partial charge >= 0.3 is 33.0 Å². The van der Waals surface area contributed by atoms with Gasteiger partial charge in [-0.05, 0) is 79.4 Å². The second-order valence-corrected chi connectivity index (χ2v) is 48.2. The smallest absolute Gasteiger partial charge is 0.244 e. The number of hydrogen-bond acceptors (Lipinski definition) is 20. The molecule has 2 fully saturated rings. The fourth-order valence-electron chi connectivity index (χ4n) is 10.1. The Morgan fingerprint density at radius 2 is 0.588 bits per heavy atom. The molecule has 0 bridgehead atoms. The molecule has 0 aliphatic heterocycles. The fraction of sp³-hybridized carbons (Fsp3) is 1.00. The molecule has 0 radical (unpaired) electrons. The molecular weight excluding hydrogens is 1660 g/mol. The van der Waals surface area contributed by atoms with Gasteiger partial charge in [0.25, 0.3) is 59.0 Å². The van der Waals surface area contributed by atoms with Crippen molar-refractivity contribution in [2.75, 3.05) is 25.0 Å². The molecular formula is C50H84F22O20S10. The van der Waals surface area contributed by atoms with Crippen molar-refractivity contribution in [3.05, 3.63) is 0 Å². The van der Waals surface area contributed by atoms with E-state index in [0.717, 1.165) is 58.1 Å². The molecule has 0 saturated heterocycles. The number of hydrogen-bond donors (Lipinski definition) is 0. The third kappa shape index (κ3) is 26.6. The van der Waals surface area contributed by atoms with Gasteiger partial charge in [-0.25, -0.2) is 102 Å². The summed E-state index contributed by atoms with van der Waals surface area (Å²) in [5, 5.41) is 0. The molecule has 0 heterocycles. The summed E-state index contributed by atoms with van der Waals surface area (Å²) in [5.41, 5.74) is -38.0. The van der Waals surface area contributed by atoms with Gasteiger partial charge in [0.2, 0.25) is 0 Å². The van der Waals surface area contributed by atoms with Crippen LogP contribution in [0.25, 0.3) is 0 Å². The van der Waals surface area contributed by atoms with Crippen molar-refractivity contribution < 1.29 is 181 Å². The van der Waals surface area contributed by atoms with Gasteiger partial charge in [0.1, 0.15) is 24.7 Å². The van der Waals surface area contributed by atoms with Crippen LogP contribution in [0.4, 0.5) is 96.6 Å². The molecule has 102 heavy (non-hydrogen) atoms. The maximum atomic E-state index is 14.5. The maximum Gasteiger partial charge on any atom is 0.498 e. The monoisotopic (exact) mass is 1740 g/mol. The van der Waals surface area contributed by atoms with Crippen LogP contribution in [0.5, 0.6) is 0 Å². The Hall–Kier alpha value is -2.04. The van der Waals surface area contributed by atoms with Gasteiger partial charge in [-0.1, -0.05) is 108 Å². The van der Waals surface area contributed by atoms with Crippen molar-refractivity contribution in [3.8, 4) is 0 Å². The predicted molar refractivity (Wildman–Crippen MR) is 331 cm³/mol. The number of halogens is 22. The summed E-state index contributed by atoms with van der Waals surface area (Å²) < 4.78 is 498. The topological polar surface area (TPSA) is 341 Å². The average molecular weight is 1740 g/mol. The molecule has 0 aromatic carbocycles. The summed E-state index contributed by atoms with van der Waals surface area (Å²) in [4.78, 5) is 0. The molecule has 618 valence electrons. The van der Waals surface area contributed by atoms with Crippen molar-refractivity contribution in [1.82, 2.24) is 0 Å². The van der Waals surface area contributed by atoms with Gasteiger partial charge in [0, 0.05) is 30.9 Å². The van der Waals surface area contributed by atoms with Crippen LogP contribution in [0.2, 0.25) is 0 Å². The van der Waals surface area contributed by atoms with Crippen LogP contribution in [0.15, 0.2) is 0 Å². The normalized spacial score (nSPS) is 23.2. The quantitative estimate of drug-likeness (QED) is 0.0810. The van der Waals surface area contributed by atoms with Crippen LogP contribution in [0, 0.1) is 52.8 Å². The summed E-state index contributed by atoms with van der Waals surface area (Å²) in [5.74, 6) is -10.6. The van der Waals surface area contributed by atoms with Crippen molar-refractivity contribution >= 4 is 98.4 Å². The lowest BCUT2D eigenvalue weighted by Gasteiger charge is -2.44. The molecule has 2 rings (SSSR count). The van der Waals surface area contributed by atoms with E-state index < -0.39 is 215 Å². The summed E-state index contributed by atoms with van der Waals surface area (Å²) in [6.07, 6.45) is -8.34. The van der Waals surface area contributed by atoms with Crippen molar-refractivity contribution in [2.24, 2.45) is 52.8 Å². The molecule has 0 spiro atoms. The Kier molecular flexibility index (Phi) is 37.0. The highest BCUT2D eigenvalue weighted by atomic mass is 32.3. The van der Waals surface area contributed by atoms with Gasteiger partial charge in [-0.2, -0.15) is 79.0 Å². The van der Waals surface area contributed by atoms with Crippen molar-refractivity contribution in [1.29, 1.82) is 0 Å². The van der Waals surface area contributed by atoms with E-state index in [2.05, 4.69) is 0 Å². The standard InChI is InChI=1S/C13H16F10O4S2.C13H20F6O4S2.C9H20O4S2.C8H18O4S2.C7H10F6O4S2/c1-3-4(2)5-7(14)9(16)6(10(17)8(5)15)11(28(24,25)12(18,19)20)29(26,27)13(21,22)23;1-3-8(2)9-4-6-10(7-5-9)11(24(20,21)12(14,15)16)25(22,23)13(17,18)19;1-6-9(2,3)7-8(14(4,10)11)15(5,12)13;1-5-7(2)6-8(13(3,9)10)14(4,11)12;1-3-4(2)5(18(14,15)6(8,9)10)19(16,17)7(11,12)13/h4-11H,3H2,1-2H3;8-11H,3-7H2,1-2H3;8H,6-7H2,1-5H3;7-8H,5-6H2,1-4H3;4-5H,3H2,1-2H3. The van der Waals surface area contributed by atoms with Crippen LogP contribution in [0.1, 0.15) is 147 Å². The Morgan fingerprint density at radius 3 is 0.814 bits per heavy atom. The molecule has 0 aromatic heterocycles. The van der Waals surface area contributed by atoms with Gasteiger partial charge in [-0.3, -0.25) is 0 Å². The Bertz CT molecular complexity index is 3700. The minimum atomic E-state index is -7.46. The Balaban J connectivity index is -0.00000123. The molecule has 2 aliphatic carbocycles. The lowest BCUT2D eigenvalue weighted by atomic mass is 9.71. The predicted octanol–water partition coefficient (Wildman–Crippen LogP) is 12.2. The van der Waals surface area contributed by atoms with E-state index in [9.17, 15) is 181 Å². The highest BCUT2D eigenvalue weighted by Crippen LogP contribution is 2.51. The first-order valence-corrected chi connectivity index (χ1v) is 46.6.